The summed E-state index contributed by atoms with van der Waals surface area (Å²) in [5.41, 5.74) is 5.54. The van der Waals surface area contributed by atoms with E-state index in [4.69, 9.17) is 4.99 Å². The van der Waals surface area contributed by atoms with Crippen LogP contribution in [-0.2, 0) is 0 Å². The van der Waals surface area contributed by atoms with E-state index in [1.807, 2.05) is 6.92 Å². The van der Waals surface area contributed by atoms with E-state index in [1.165, 1.54) is 11.1 Å². The number of benzene rings is 1. The largest absolute Gasteiger partial charge is 0.337 e. The van der Waals surface area contributed by atoms with Crippen LogP contribution in [0.5, 0.6) is 0 Å². The van der Waals surface area contributed by atoms with Crippen molar-refractivity contribution in [1.82, 2.24) is 9.97 Å². The summed E-state index contributed by atoms with van der Waals surface area (Å²) in [6.45, 7) is 16.6. The molecule has 0 spiro atoms. The molecule has 0 saturated heterocycles. The standard InChI is InChI=1S/C19H25N3/c1-8-16-18(20-14(4)19(5,6)7)22-17(21-16)15-10-9-12(2)13(3)11-15/h8-11H,1H2,2-7H3,(H,21,22). The van der Waals surface area contributed by atoms with Gasteiger partial charge < -0.3 is 4.98 Å². The van der Waals surface area contributed by atoms with E-state index in [0.29, 0.717) is 5.82 Å². The van der Waals surface area contributed by atoms with Crippen LogP contribution in [-0.4, -0.2) is 15.7 Å². The molecule has 0 aliphatic rings. The molecule has 0 amide bonds. The third kappa shape index (κ3) is 3.35. The van der Waals surface area contributed by atoms with Crippen LogP contribution >= 0.6 is 0 Å². The minimum absolute atomic E-state index is 0.0258. The molecule has 3 nitrogen and oxygen atoms in total. The molecule has 3 heteroatoms. The third-order valence-electron chi connectivity index (χ3n) is 4.06. The van der Waals surface area contributed by atoms with Gasteiger partial charge in [0.15, 0.2) is 5.82 Å². The molecule has 0 aliphatic carbocycles. The highest BCUT2D eigenvalue weighted by Gasteiger charge is 2.16. The van der Waals surface area contributed by atoms with Crippen molar-refractivity contribution in [2.45, 2.75) is 41.5 Å². The van der Waals surface area contributed by atoms with E-state index in [-0.39, 0.29) is 5.41 Å². The van der Waals surface area contributed by atoms with Crippen molar-refractivity contribution >= 4 is 17.6 Å². The van der Waals surface area contributed by atoms with Gasteiger partial charge in [-0.15, -0.1) is 0 Å². The molecule has 0 unspecified atom stereocenters. The van der Waals surface area contributed by atoms with Gasteiger partial charge in [0, 0.05) is 16.7 Å². The fourth-order valence-electron chi connectivity index (χ4n) is 1.96. The SMILES string of the molecule is C=Cc1[nH]c(-c2ccc(C)c(C)c2)nc1N=C(C)C(C)(C)C. The molecule has 2 aromatic rings. The average molecular weight is 295 g/mol. The quantitative estimate of drug-likeness (QED) is 0.749. The first-order valence-electron chi connectivity index (χ1n) is 7.58. The lowest BCUT2D eigenvalue weighted by Crippen LogP contribution is -2.16. The Bertz CT molecular complexity index is 728. The van der Waals surface area contributed by atoms with E-state index in [1.54, 1.807) is 6.08 Å². The number of aliphatic imine (C=N–C) groups is 1. The van der Waals surface area contributed by atoms with Gasteiger partial charge in [-0.05, 0) is 44.0 Å². The number of aryl methyl sites for hydroxylation is 2. The molecule has 1 heterocycles. The second-order valence-electron chi connectivity index (χ2n) is 6.77. The molecule has 2 rings (SSSR count). The van der Waals surface area contributed by atoms with E-state index >= 15 is 0 Å². The predicted molar refractivity (Wildman–Crippen MR) is 95.8 cm³/mol. The zero-order chi connectivity index (χ0) is 16.5. The summed E-state index contributed by atoms with van der Waals surface area (Å²) in [7, 11) is 0. The van der Waals surface area contributed by atoms with E-state index in [0.717, 1.165) is 22.8 Å². The molecule has 0 aliphatic heterocycles. The molecule has 0 fully saturated rings. The maximum atomic E-state index is 4.69. The zero-order valence-electron chi connectivity index (χ0n) is 14.4. The summed E-state index contributed by atoms with van der Waals surface area (Å²) in [6, 6.07) is 6.34. The van der Waals surface area contributed by atoms with Gasteiger partial charge in [-0.25, -0.2) is 9.98 Å². The van der Waals surface area contributed by atoms with Crippen molar-refractivity contribution in [1.29, 1.82) is 0 Å². The Labute approximate surface area is 133 Å². The number of rotatable bonds is 3. The monoisotopic (exact) mass is 295 g/mol. The summed E-state index contributed by atoms with van der Waals surface area (Å²) < 4.78 is 0. The minimum atomic E-state index is 0.0258. The average Bonchev–Trinajstić information content (AvgIpc) is 2.84. The van der Waals surface area contributed by atoms with Crippen LogP contribution in [0.15, 0.2) is 29.8 Å². The number of H-pyrrole nitrogens is 1. The maximum absolute atomic E-state index is 4.69. The molecule has 1 aromatic carbocycles. The normalized spacial score (nSPS) is 12.5. The second kappa shape index (κ2) is 5.91. The first-order chi connectivity index (χ1) is 10.2. The molecule has 1 aromatic heterocycles. The van der Waals surface area contributed by atoms with Gasteiger partial charge in [0.2, 0.25) is 0 Å². The molecule has 1 N–H and O–H groups in total. The van der Waals surface area contributed by atoms with Crippen molar-refractivity contribution < 1.29 is 0 Å². The number of aromatic amines is 1. The van der Waals surface area contributed by atoms with E-state index in [9.17, 15) is 0 Å². The van der Waals surface area contributed by atoms with Gasteiger partial charge in [-0.2, -0.15) is 0 Å². The van der Waals surface area contributed by atoms with Crippen LogP contribution in [0.2, 0.25) is 0 Å². The van der Waals surface area contributed by atoms with Crippen LogP contribution in [0.25, 0.3) is 17.5 Å². The van der Waals surface area contributed by atoms with Gasteiger partial charge in [-0.1, -0.05) is 39.5 Å². The van der Waals surface area contributed by atoms with Gasteiger partial charge in [0.05, 0.1) is 5.69 Å². The Hall–Kier alpha value is -2.16. The third-order valence-corrected chi connectivity index (χ3v) is 4.06. The minimum Gasteiger partial charge on any atom is -0.337 e. The van der Waals surface area contributed by atoms with Gasteiger partial charge in [-0.3, -0.25) is 0 Å². The fraction of sp³-hybridized carbons (Fsp3) is 0.368. The lowest BCUT2D eigenvalue weighted by atomic mass is 9.91. The highest BCUT2D eigenvalue weighted by atomic mass is 15.0. The molecule has 116 valence electrons. The lowest BCUT2D eigenvalue weighted by Gasteiger charge is -2.17. The second-order valence-corrected chi connectivity index (χ2v) is 6.77. The number of hydrogen-bond acceptors (Lipinski definition) is 2. The summed E-state index contributed by atoms with van der Waals surface area (Å²) >= 11 is 0. The number of aromatic nitrogens is 2. The summed E-state index contributed by atoms with van der Waals surface area (Å²) in [4.78, 5) is 12.7. The number of hydrogen-bond donors (Lipinski definition) is 1. The summed E-state index contributed by atoms with van der Waals surface area (Å²) in [5, 5.41) is 0. The van der Waals surface area contributed by atoms with Crippen LogP contribution < -0.4 is 0 Å². The molecule has 0 saturated carbocycles. The molecule has 22 heavy (non-hydrogen) atoms. The Kier molecular flexibility index (Phi) is 4.36. The molecule has 0 atom stereocenters. The predicted octanol–water partition coefficient (Wildman–Crippen LogP) is 5.48. The fourth-order valence-corrected chi connectivity index (χ4v) is 1.96. The Balaban J connectivity index is 2.49. The maximum Gasteiger partial charge on any atom is 0.177 e. The van der Waals surface area contributed by atoms with Crippen molar-refractivity contribution in [2.24, 2.45) is 10.4 Å². The summed E-state index contributed by atoms with van der Waals surface area (Å²) in [5.74, 6) is 1.54. The molecule has 0 radical (unpaired) electrons. The van der Waals surface area contributed by atoms with Gasteiger partial charge >= 0.3 is 0 Å². The van der Waals surface area contributed by atoms with Crippen LogP contribution in [0.3, 0.4) is 0 Å². The van der Waals surface area contributed by atoms with Crippen molar-refractivity contribution in [3.8, 4) is 11.4 Å². The number of nitrogens with one attached hydrogen (secondary N) is 1. The zero-order valence-corrected chi connectivity index (χ0v) is 14.4. The lowest BCUT2D eigenvalue weighted by molar-refractivity contribution is 0.588. The highest BCUT2D eigenvalue weighted by molar-refractivity contribution is 5.89. The Morgan fingerprint density at radius 2 is 1.91 bits per heavy atom. The first kappa shape index (κ1) is 16.2. The van der Waals surface area contributed by atoms with Gasteiger partial charge in [0.25, 0.3) is 0 Å². The molecule has 0 bridgehead atoms. The van der Waals surface area contributed by atoms with Crippen LogP contribution in [0.1, 0.15) is 44.5 Å². The van der Waals surface area contributed by atoms with Gasteiger partial charge in [0.1, 0.15) is 5.82 Å². The van der Waals surface area contributed by atoms with Crippen molar-refractivity contribution in [2.75, 3.05) is 0 Å². The van der Waals surface area contributed by atoms with Crippen molar-refractivity contribution in [3.63, 3.8) is 0 Å². The molecular formula is C19H25N3. The van der Waals surface area contributed by atoms with Crippen LogP contribution in [0, 0.1) is 19.3 Å². The topological polar surface area (TPSA) is 41.0 Å². The van der Waals surface area contributed by atoms with E-state index in [2.05, 4.69) is 69.4 Å². The Morgan fingerprint density at radius 1 is 1.23 bits per heavy atom. The Morgan fingerprint density at radius 3 is 2.45 bits per heavy atom. The summed E-state index contributed by atoms with van der Waals surface area (Å²) in [6.07, 6.45) is 1.77. The van der Waals surface area contributed by atoms with Crippen LogP contribution in [0.4, 0.5) is 5.82 Å². The first-order valence-corrected chi connectivity index (χ1v) is 7.58. The highest BCUT2D eigenvalue weighted by Crippen LogP contribution is 2.27. The number of imidazole rings is 1. The molecular weight excluding hydrogens is 270 g/mol. The smallest absolute Gasteiger partial charge is 0.177 e. The van der Waals surface area contributed by atoms with Crippen molar-refractivity contribution in [3.05, 3.63) is 41.6 Å². The number of nitrogens with zero attached hydrogens (tertiary/aromatic N) is 2. The van der Waals surface area contributed by atoms with E-state index < -0.39 is 0 Å².